The zero-order valence-electron chi connectivity index (χ0n) is 18.6. The van der Waals surface area contributed by atoms with Crippen molar-refractivity contribution in [3.63, 3.8) is 0 Å². The molecule has 7 heteroatoms. The van der Waals surface area contributed by atoms with Gasteiger partial charge in [0, 0.05) is 24.5 Å². The Hall–Kier alpha value is -2.28. The van der Waals surface area contributed by atoms with Gasteiger partial charge < -0.3 is 25.0 Å². The number of esters is 1. The van der Waals surface area contributed by atoms with Crippen LogP contribution in [0.15, 0.2) is 24.3 Å². The van der Waals surface area contributed by atoms with E-state index in [9.17, 15) is 9.59 Å². The van der Waals surface area contributed by atoms with E-state index in [1.165, 1.54) is 0 Å². The number of rotatable bonds is 5. The monoisotopic (exact) mass is 405 g/mol. The number of morpholine rings is 1. The highest BCUT2D eigenvalue weighted by atomic mass is 16.6. The molecule has 0 aromatic heterocycles. The van der Waals surface area contributed by atoms with Gasteiger partial charge in [-0.3, -0.25) is 0 Å². The van der Waals surface area contributed by atoms with E-state index < -0.39 is 23.6 Å². The minimum absolute atomic E-state index is 0.0942. The summed E-state index contributed by atoms with van der Waals surface area (Å²) in [5.41, 5.74) is 1.14. The molecule has 2 rings (SSSR count). The summed E-state index contributed by atoms with van der Waals surface area (Å²) in [5, 5.41) is 5.52. The molecule has 2 N–H and O–H groups in total. The highest BCUT2D eigenvalue weighted by molar-refractivity contribution is 5.92. The predicted octanol–water partition coefficient (Wildman–Crippen LogP) is 3.79. The largest absolute Gasteiger partial charge is 0.458 e. The maximum atomic E-state index is 12.4. The first-order chi connectivity index (χ1) is 13.4. The minimum atomic E-state index is -0.718. The normalized spacial score (nSPS) is 20.9. The standard InChI is InChI=1S/C22H35N3O4/c1-14(2)19(20(26)29-22(5,6)7)24-21(27)23-17-8-10-18(11-9-17)25-12-15(3)28-16(4)13-25/h8-11,14-16,19H,12-13H2,1-7H3,(H2,23,24,27)/t15?,16?,19-/m0/s1. The Kier molecular flexibility index (Phi) is 7.52. The Labute approximate surface area is 174 Å². The lowest BCUT2D eigenvalue weighted by Crippen LogP contribution is -2.48. The molecule has 1 heterocycles. The van der Waals surface area contributed by atoms with E-state index >= 15 is 0 Å². The van der Waals surface area contributed by atoms with E-state index in [0.29, 0.717) is 5.69 Å². The van der Waals surface area contributed by atoms with Crippen molar-refractivity contribution >= 4 is 23.4 Å². The number of ether oxygens (including phenoxy) is 2. The predicted molar refractivity (Wildman–Crippen MR) is 115 cm³/mol. The number of hydrogen-bond donors (Lipinski definition) is 2. The lowest BCUT2D eigenvalue weighted by Gasteiger charge is -2.36. The second kappa shape index (κ2) is 9.48. The highest BCUT2D eigenvalue weighted by Crippen LogP contribution is 2.22. The number of amides is 2. The van der Waals surface area contributed by atoms with Gasteiger partial charge in [-0.25, -0.2) is 9.59 Å². The van der Waals surface area contributed by atoms with E-state index in [-0.39, 0.29) is 18.1 Å². The number of urea groups is 1. The second-order valence-electron chi connectivity index (χ2n) is 9.06. The topological polar surface area (TPSA) is 79.9 Å². The summed E-state index contributed by atoms with van der Waals surface area (Å²) >= 11 is 0. The Balaban J connectivity index is 1.96. The molecule has 0 bridgehead atoms. The quantitative estimate of drug-likeness (QED) is 0.729. The second-order valence-corrected chi connectivity index (χ2v) is 9.06. The number of hydrogen-bond acceptors (Lipinski definition) is 5. The van der Waals surface area contributed by atoms with Gasteiger partial charge in [0.05, 0.1) is 12.2 Å². The number of nitrogens with zero attached hydrogens (tertiary/aromatic N) is 1. The zero-order chi connectivity index (χ0) is 21.8. The van der Waals surface area contributed by atoms with E-state index in [4.69, 9.17) is 9.47 Å². The van der Waals surface area contributed by atoms with Crippen LogP contribution in [0.25, 0.3) is 0 Å². The fourth-order valence-electron chi connectivity index (χ4n) is 3.32. The molecule has 162 valence electrons. The van der Waals surface area contributed by atoms with Gasteiger partial charge in [0.25, 0.3) is 0 Å². The van der Waals surface area contributed by atoms with Crippen LogP contribution in [0.1, 0.15) is 48.5 Å². The molecule has 0 aliphatic carbocycles. The average Bonchev–Trinajstić information content (AvgIpc) is 2.57. The van der Waals surface area contributed by atoms with Crippen LogP contribution in [-0.4, -0.2) is 48.9 Å². The van der Waals surface area contributed by atoms with E-state index in [1.807, 2.05) is 38.1 Å². The van der Waals surface area contributed by atoms with E-state index in [0.717, 1.165) is 18.8 Å². The van der Waals surface area contributed by atoms with Gasteiger partial charge in [-0.1, -0.05) is 13.8 Å². The SMILES string of the molecule is CC1CN(c2ccc(NC(=O)N[C@H](C(=O)OC(C)(C)C)C(C)C)cc2)CC(C)O1. The fourth-order valence-corrected chi connectivity index (χ4v) is 3.32. The average molecular weight is 406 g/mol. The van der Waals surface area contributed by atoms with E-state index in [1.54, 1.807) is 20.8 Å². The molecule has 0 spiro atoms. The Bertz CT molecular complexity index is 687. The molecule has 1 aromatic carbocycles. The van der Waals surface area contributed by atoms with Crippen LogP contribution in [0.5, 0.6) is 0 Å². The summed E-state index contributed by atoms with van der Waals surface area (Å²) in [6, 6.07) is 6.53. The summed E-state index contributed by atoms with van der Waals surface area (Å²) in [4.78, 5) is 27.1. The number of carbonyl (C=O) groups excluding carboxylic acids is 2. The molecule has 2 unspecified atom stereocenters. The van der Waals surface area contributed by atoms with Crippen LogP contribution in [0.2, 0.25) is 0 Å². The third kappa shape index (κ3) is 7.24. The molecule has 3 atom stereocenters. The fraction of sp³-hybridized carbons (Fsp3) is 0.636. The number of nitrogens with one attached hydrogen (secondary N) is 2. The molecule has 1 aliphatic rings. The van der Waals surface area contributed by atoms with Gasteiger partial charge in [0.15, 0.2) is 0 Å². The van der Waals surface area contributed by atoms with Gasteiger partial charge in [-0.05, 0) is 64.8 Å². The van der Waals surface area contributed by atoms with Crippen LogP contribution in [0, 0.1) is 5.92 Å². The molecule has 1 aliphatic heterocycles. The van der Waals surface area contributed by atoms with Gasteiger partial charge in [0.1, 0.15) is 11.6 Å². The summed E-state index contributed by atoms with van der Waals surface area (Å²) in [6.07, 6.45) is 0.367. The molecule has 1 aromatic rings. The molecule has 1 saturated heterocycles. The Morgan fingerprint density at radius 1 is 1.10 bits per heavy atom. The molecular formula is C22H35N3O4. The van der Waals surface area contributed by atoms with Gasteiger partial charge in [0.2, 0.25) is 0 Å². The van der Waals surface area contributed by atoms with Crippen molar-refractivity contribution in [1.82, 2.24) is 5.32 Å². The smallest absolute Gasteiger partial charge is 0.329 e. The molecule has 29 heavy (non-hydrogen) atoms. The lowest BCUT2D eigenvalue weighted by molar-refractivity contribution is -0.158. The van der Waals surface area contributed by atoms with Crippen molar-refractivity contribution in [2.75, 3.05) is 23.3 Å². The van der Waals surface area contributed by atoms with Crippen LogP contribution < -0.4 is 15.5 Å². The summed E-state index contributed by atoms with van der Waals surface area (Å²) < 4.78 is 11.2. The molecule has 7 nitrogen and oxygen atoms in total. The van der Waals surface area contributed by atoms with Gasteiger partial charge in [-0.15, -0.1) is 0 Å². The number of anilines is 2. The van der Waals surface area contributed by atoms with Crippen molar-refractivity contribution in [1.29, 1.82) is 0 Å². The van der Waals surface area contributed by atoms with Crippen molar-refractivity contribution in [3.8, 4) is 0 Å². The van der Waals surface area contributed by atoms with Gasteiger partial charge >= 0.3 is 12.0 Å². The van der Waals surface area contributed by atoms with Crippen LogP contribution >= 0.6 is 0 Å². The Morgan fingerprint density at radius 2 is 1.66 bits per heavy atom. The number of benzene rings is 1. The minimum Gasteiger partial charge on any atom is -0.458 e. The third-order valence-electron chi connectivity index (χ3n) is 4.52. The first-order valence-corrected chi connectivity index (χ1v) is 10.3. The molecule has 2 amide bonds. The summed E-state index contributed by atoms with van der Waals surface area (Å²) in [6.45, 7) is 15.0. The van der Waals surface area contributed by atoms with Crippen molar-refractivity contribution < 1.29 is 19.1 Å². The maximum Gasteiger partial charge on any atom is 0.329 e. The Morgan fingerprint density at radius 3 is 2.14 bits per heavy atom. The highest BCUT2D eigenvalue weighted by Gasteiger charge is 2.29. The lowest BCUT2D eigenvalue weighted by atomic mass is 10.0. The first-order valence-electron chi connectivity index (χ1n) is 10.3. The molecule has 1 fully saturated rings. The summed E-state index contributed by atoms with van der Waals surface area (Å²) in [5.74, 6) is -0.531. The van der Waals surface area contributed by atoms with Gasteiger partial charge in [-0.2, -0.15) is 0 Å². The van der Waals surface area contributed by atoms with Crippen molar-refractivity contribution in [2.24, 2.45) is 5.92 Å². The number of carbonyl (C=O) groups is 2. The van der Waals surface area contributed by atoms with Crippen LogP contribution in [0.4, 0.5) is 16.2 Å². The summed E-state index contributed by atoms with van der Waals surface area (Å²) in [7, 11) is 0. The zero-order valence-corrected chi connectivity index (χ0v) is 18.6. The molecule has 0 saturated carbocycles. The maximum absolute atomic E-state index is 12.4. The first kappa shape index (κ1) is 23.0. The molecule has 0 radical (unpaired) electrons. The van der Waals surface area contributed by atoms with Crippen molar-refractivity contribution in [2.45, 2.75) is 72.3 Å². The van der Waals surface area contributed by atoms with E-state index in [2.05, 4.69) is 29.4 Å². The third-order valence-corrected chi connectivity index (χ3v) is 4.52. The molecular weight excluding hydrogens is 370 g/mol. The van der Waals surface area contributed by atoms with Crippen LogP contribution in [0.3, 0.4) is 0 Å². The van der Waals surface area contributed by atoms with Crippen molar-refractivity contribution in [3.05, 3.63) is 24.3 Å². The van der Waals surface area contributed by atoms with Crippen LogP contribution in [-0.2, 0) is 14.3 Å².